The van der Waals surface area contributed by atoms with E-state index in [0.29, 0.717) is 22.5 Å². The molecular formula is C23H20FN3O. The molecular weight excluding hydrogens is 353 g/mol. The predicted octanol–water partition coefficient (Wildman–Crippen LogP) is 5.31. The van der Waals surface area contributed by atoms with Gasteiger partial charge in [0.05, 0.1) is 6.04 Å². The molecule has 0 spiro atoms. The van der Waals surface area contributed by atoms with Gasteiger partial charge in [-0.1, -0.05) is 48.5 Å². The molecule has 2 aromatic carbocycles. The molecule has 0 radical (unpaired) electrons. The molecule has 0 saturated carbocycles. The third kappa shape index (κ3) is 3.51. The second-order valence-corrected chi connectivity index (χ2v) is 6.70. The lowest BCUT2D eigenvalue weighted by Gasteiger charge is -2.22. The fraction of sp³-hybridized carbons (Fsp3) is 0.130. The van der Waals surface area contributed by atoms with Crippen molar-refractivity contribution >= 4 is 16.7 Å². The van der Waals surface area contributed by atoms with E-state index in [2.05, 4.69) is 15.3 Å². The molecule has 4 rings (SSSR count). The normalized spacial score (nSPS) is 12.1. The number of pyridine rings is 2. The third-order valence-corrected chi connectivity index (χ3v) is 4.71. The number of phenols is 1. The van der Waals surface area contributed by atoms with Gasteiger partial charge in [-0.25, -0.2) is 9.37 Å². The molecule has 0 aliphatic heterocycles. The van der Waals surface area contributed by atoms with Crippen LogP contribution in [0.5, 0.6) is 5.75 Å². The van der Waals surface area contributed by atoms with Crippen LogP contribution in [0.4, 0.5) is 10.2 Å². The lowest BCUT2D eigenvalue weighted by molar-refractivity contribution is 0.471. The number of hydrogen-bond donors (Lipinski definition) is 2. The van der Waals surface area contributed by atoms with Crippen molar-refractivity contribution in [2.75, 3.05) is 5.32 Å². The van der Waals surface area contributed by atoms with Gasteiger partial charge >= 0.3 is 0 Å². The van der Waals surface area contributed by atoms with Gasteiger partial charge in [0.2, 0.25) is 0 Å². The van der Waals surface area contributed by atoms with E-state index in [1.807, 2.05) is 61.5 Å². The zero-order chi connectivity index (χ0) is 19.5. The maximum absolute atomic E-state index is 13.2. The van der Waals surface area contributed by atoms with E-state index in [9.17, 15) is 9.50 Å². The maximum atomic E-state index is 13.2. The summed E-state index contributed by atoms with van der Waals surface area (Å²) < 4.78 is 13.2. The van der Waals surface area contributed by atoms with Crippen LogP contribution in [0.3, 0.4) is 0 Å². The Morgan fingerprint density at radius 3 is 2.71 bits per heavy atom. The summed E-state index contributed by atoms with van der Waals surface area (Å²) in [5.41, 5.74) is 3.49. The van der Waals surface area contributed by atoms with Gasteiger partial charge in [0.15, 0.2) is 0 Å². The minimum absolute atomic E-state index is 0.105. The largest absolute Gasteiger partial charge is 0.505 e. The highest BCUT2D eigenvalue weighted by atomic mass is 19.1. The summed E-state index contributed by atoms with van der Waals surface area (Å²) in [7, 11) is 0. The second kappa shape index (κ2) is 7.64. The van der Waals surface area contributed by atoms with Gasteiger partial charge < -0.3 is 10.4 Å². The number of rotatable bonds is 5. The summed E-state index contributed by atoms with van der Waals surface area (Å²) >= 11 is 0. The van der Waals surface area contributed by atoms with Crippen molar-refractivity contribution in [2.45, 2.75) is 19.6 Å². The number of anilines is 1. The van der Waals surface area contributed by atoms with E-state index in [0.717, 1.165) is 16.6 Å². The number of phenolic OH excluding ortho intramolecular Hbond substituents is 1. The van der Waals surface area contributed by atoms with E-state index < -0.39 is 12.7 Å². The SMILES string of the molecule is Cc1cccc(NC(c2cccc(CF)c2)c2ccc3cccnc3c2O)n1. The number of benzene rings is 2. The molecule has 1 unspecified atom stereocenters. The number of nitrogens with zero attached hydrogens (tertiary/aromatic N) is 2. The Balaban J connectivity index is 1.86. The standard InChI is InChI=1S/C23H20FN3O/c1-15-5-2-9-20(26-15)27-21(18-7-3-6-16(13-18)14-24)19-11-10-17-8-4-12-25-22(17)23(19)28/h2-13,21,28H,14H2,1H3,(H,26,27). The van der Waals surface area contributed by atoms with E-state index in [4.69, 9.17) is 0 Å². The van der Waals surface area contributed by atoms with Crippen LogP contribution in [0.1, 0.15) is 28.4 Å². The number of hydrogen-bond acceptors (Lipinski definition) is 4. The number of halogens is 1. The molecule has 4 nitrogen and oxygen atoms in total. The van der Waals surface area contributed by atoms with Crippen molar-refractivity contribution < 1.29 is 9.50 Å². The van der Waals surface area contributed by atoms with Gasteiger partial charge in [0.1, 0.15) is 23.8 Å². The van der Waals surface area contributed by atoms with Gasteiger partial charge in [0, 0.05) is 22.8 Å². The Hall–Kier alpha value is -3.47. The third-order valence-electron chi connectivity index (χ3n) is 4.71. The molecule has 0 aliphatic rings. The quantitative estimate of drug-likeness (QED) is 0.497. The fourth-order valence-corrected chi connectivity index (χ4v) is 3.35. The van der Waals surface area contributed by atoms with Crippen LogP contribution < -0.4 is 5.32 Å². The highest BCUT2D eigenvalue weighted by molar-refractivity contribution is 5.86. The first kappa shape index (κ1) is 17.9. The van der Waals surface area contributed by atoms with E-state index in [1.165, 1.54) is 0 Å². The average molecular weight is 373 g/mol. The summed E-state index contributed by atoms with van der Waals surface area (Å²) in [6.45, 7) is 1.37. The van der Waals surface area contributed by atoms with E-state index >= 15 is 0 Å². The van der Waals surface area contributed by atoms with Crippen LogP contribution in [0.2, 0.25) is 0 Å². The number of aryl methyl sites for hydroxylation is 1. The van der Waals surface area contributed by atoms with Crippen molar-refractivity contribution in [3.05, 3.63) is 95.3 Å². The van der Waals surface area contributed by atoms with Crippen molar-refractivity contribution in [3.8, 4) is 5.75 Å². The zero-order valence-electron chi connectivity index (χ0n) is 15.4. The van der Waals surface area contributed by atoms with Gasteiger partial charge in [-0.05, 0) is 36.2 Å². The Morgan fingerprint density at radius 1 is 1.04 bits per heavy atom. The number of alkyl halides is 1. The lowest BCUT2D eigenvalue weighted by atomic mass is 9.95. The maximum Gasteiger partial charge on any atom is 0.147 e. The van der Waals surface area contributed by atoms with Crippen LogP contribution in [0.25, 0.3) is 10.9 Å². The Bertz CT molecular complexity index is 1130. The van der Waals surface area contributed by atoms with Crippen molar-refractivity contribution in [2.24, 2.45) is 0 Å². The molecule has 2 N–H and O–H groups in total. The molecule has 140 valence electrons. The summed E-state index contributed by atoms with van der Waals surface area (Å²) in [6.07, 6.45) is 1.65. The zero-order valence-corrected chi connectivity index (χ0v) is 15.4. The van der Waals surface area contributed by atoms with Gasteiger partial charge in [-0.15, -0.1) is 0 Å². The highest BCUT2D eigenvalue weighted by Gasteiger charge is 2.20. The minimum atomic E-state index is -0.547. The molecule has 0 bridgehead atoms. The molecule has 0 fully saturated rings. The van der Waals surface area contributed by atoms with Crippen LogP contribution >= 0.6 is 0 Å². The number of nitrogens with one attached hydrogen (secondary N) is 1. The highest BCUT2D eigenvalue weighted by Crippen LogP contribution is 2.36. The Labute approximate surface area is 162 Å². The van der Waals surface area contributed by atoms with E-state index in [1.54, 1.807) is 18.3 Å². The summed E-state index contributed by atoms with van der Waals surface area (Å²) in [5, 5.41) is 15.2. The molecule has 0 amide bonds. The molecule has 28 heavy (non-hydrogen) atoms. The smallest absolute Gasteiger partial charge is 0.147 e. The first-order valence-corrected chi connectivity index (χ1v) is 9.07. The molecule has 4 aromatic rings. The topological polar surface area (TPSA) is 58.0 Å². The van der Waals surface area contributed by atoms with Crippen LogP contribution in [-0.4, -0.2) is 15.1 Å². The summed E-state index contributed by atoms with van der Waals surface area (Å²) in [6, 6.07) is 20.1. The summed E-state index contributed by atoms with van der Waals surface area (Å²) in [4.78, 5) is 8.84. The van der Waals surface area contributed by atoms with Gasteiger partial charge in [-0.3, -0.25) is 4.98 Å². The number of aromatic nitrogens is 2. The number of fused-ring (bicyclic) bond motifs is 1. The van der Waals surface area contributed by atoms with Crippen molar-refractivity contribution in [3.63, 3.8) is 0 Å². The molecule has 2 heterocycles. The molecule has 0 aliphatic carbocycles. The minimum Gasteiger partial charge on any atom is -0.505 e. The Kier molecular flexibility index (Phi) is 4.89. The van der Waals surface area contributed by atoms with Gasteiger partial charge in [-0.2, -0.15) is 0 Å². The molecule has 1 atom stereocenters. The first-order valence-electron chi connectivity index (χ1n) is 9.07. The van der Waals surface area contributed by atoms with Crippen molar-refractivity contribution in [1.29, 1.82) is 0 Å². The number of aromatic hydroxyl groups is 1. The second-order valence-electron chi connectivity index (χ2n) is 6.70. The molecule has 5 heteroatoms. The van der Waals surface area contributed by atoms with Crippen LogP contribution in [-0.2, 0) is 6.67 Å². The average Bonchev–Trinajstić information content (AvgIpc) is 2.73. The van der Waals surface area contributed by atoms with Crippen molar-refractivity contribution in [1.82, 2.24) is 9.97 Å². The summed E-state index contributed by atoms with van der Waals surface area (Å²) in [5.74, 6) is 0.782. The van der Waals surface area contributed by atoms with Crippen LogP contribution in [0.15, 0.2) is 72.9 Å². The first-order chi connectivity index (χ1) is 13.7. The molecule has 2 aromatic heterocycles. The van der Waals surface area contributed by atoms with Gasteiger partial charge in [0.25, 0.3) is 0 Å². The Morgan fingerprint density at radius 2 is 1.89 bits per heavy atom. The van der Waals surface area contributed by atoms with Crippen LogP contribution in [0, 0.1) is 6.92 Å². The monoisotopic (exact) mass is 373 g/mol. The van der Waals surface area contributed by atoms with E-state index in [-0.39, 0.29) is 5.75 Å². The fourth-order valence-electron chi connectivity index (χ4n) is 3.35. The molecule has 0 saturated heterocycles. The predicted molar refractivity (Wildman–Crippen MR) is 109 cm³/mol. The lowest BCUT2D eigenvalue weighted by Crippen LogP contribution is -2.14.